The van der Waals surface area contributed by atoms with Gasteiger partial charge in [-0.15, -0.1) is 0 Å². The number of hydrogen-bond acceptors (Lipinski definition) is 4. The maximum atomic E-state index is 12.7. The third kappa shape index (κ3) is 6.17. The molecule has 1 saturated heterocycles. The Bertz CT molecular complexity index is 939. The van der Waals surface area contributed by atoms with E-state index >= 15 is 0 Å². The van der Waals surface area contributed by atoms with Crippen LogP contribution >= 0.6 is 0 Å². The molecule has 1 heterocycles. The van der Waals surface area contributed by atoms with Gasteiger partial charge in [-0.05, 0) is 28.8 Å². The summed E-state index contributed by atoms with van der Waals surface area (Å²) < 4.78 is 11.2. The lowest BCUT2D eigenvalue weighted by Gasteiger charge is -2.31. The fourth-order valence-corrected chi connectivity index (χ4v) is 3.72. The number of carbonyl (C=O) groups is 1. The van der Waals surface area contributed by atoms with E-state index in [-0.39, 0.29) is 18.6 Å². The minimum atomic E-state index is -0.130. The van der Waals surface area contributed by atoms with E-state index in [1.807, 2.05) is 60.7 Å². The van der Waals surface area contributed by atoms with Crippen LogP contribution in [0.1, 0.15) is 11.6 Å². The van der Waals surface area contributed by atoms with Gasteiger partial charge in [-0.2, -0.15) is 0 Å². The Balaban J connectivity index is 1.34. The minimum absolute atomic E-state index is 0.0167. The number of morpholine rings is 1. The SMILES string of the molecule is O=C(COc1ccc(-c2ccccc2)cc1)N[C@@H](CN1CCOCC1)c1ccccc1. The molecule has 3 aromatic carbocycles. The van der Waals surface area contributed by atoms with E-state index in [1.165, 1.54) is 0 Å². The summed E-state index contributed by atoms with van der Waals surface area (Å²) in [6.45, 7) is 3.96. The van der Waals surface area contributed by atoms with Crippen molar-refractivity contribution in [3.8, 4) is 16.9 Å². The number of benzene rings is 3. The Kier molecular flexibility index (Phi) is 7.32. The number of hydrogen-bond donors (Lipinski definition) is 1. The molecular weight excluding hydrogens is 388 g/mol. The van der Waals surface area contributed by atoms with Gasteiger partial charge in [-0.3, -0.25) is 9.69 Å². The van der Waals surface area contributed by atoms with Crippen molar-refractivity contribution < 1.29 is 14.3 Å². The Morgan fingerprint density at radius 1 is 0.871 bits per heavy atom. The molecule has 0 aromatic heterocycles. The van der Waals surface area contributed by atoms with Crippen molar-refractivity contribution in [3.05, 3.63) is 90.5 Å². The third-order valence-corrected chi connectivity index (χ3v) is 5.41. The van der Waals surface area contributed by atoms with Gasteiger partial charge in [-0.1, -0.05) is 72.8 Å². The second kappa shape index (κ2) is 10.8. The largest absolute Gasteiger partial charge is 0.484 e. The second-order valence-electron chi connectivity index (χ2n) is 7.62. The van der Waals surface area contributed by atoms with Crippen LogP contribution in [0.4, 0.5) is 0 Å². The lowest BCUT2D eigenvalue weighted by Crippen LogP contribution is -2.44. The minimum Gasteiger partial charge on any atom is -0.484 e. The van der Waals surface area contributed by atoms with Gasteiger partial charge in [0.1, 0.15) is 5.75 Å². The molecule has 160 valence electrons. The van der Waals surface area contributed by atoms with Gasteiger partial charge in [-0.25, -0.2) is 0 Å². The van der Waals surface area contributed by atoms with Crippen LogP contribution in [0.2, 0.25) is 0 Å². The highest BCUT2D eigenvalue weighted by Gasteiger charge is 2.20. The zero-order valence-electron chi connectivity index (χ0n) is 17.6. The predicted molar refractivity (Wildman–Crippen MR) is 122 cm³/mol. The fourth-order valence-electron chi connectivity index (χ4n) is 3.72. The summed E-state index contributed by atoms with van der Waals surface area (Å²) in [4.78, 5) is 15.0. The number of nitrogens with one attached hydrogen (secondary N) is 1. The normalized spacial score (nSPS) is 15.2. The standard InChI is InChI=1S/C26H28N2O3/c29-26(20-31-24-13-11-22(12-14-24)21-7-3-1-4-8-21)27-25(23-9-5-2-6-10-23)19-28-15-17-30-18-16-28/h1-14,25H,15-20H2,(H,27,29)/t25-/m0/s1. The molecule has 1 aliphatic rings. The average molecular weight is 417 g/mol. The van der Waals surface area contributed by atoms with E-state index in [1.54, 1.807) is 0 Å². The van der Waals surface area contributed by atoms with Gasteiger partial charge >= 0.3 is 0 Å². The summed E-state index contributed by atoms with van der Waals surface area (Å²) in [7, 11) is 0. The number of nitrogens with zero attached hydrogens (tertiary/aromatic N) is 1. The lowest BCUT2D eigenvalue weighted by atomic mass is 10.1. The van der Waals surface area contributed by atoms with Crippen LogP contribution in [-0.2, 0) is 9.53 Å². The molecule has 0 spiro atoms. The number of rotatable bonds is 8. The monoisotopic (exact) mass is 416 g/mol. The summed E-state index contributed by atoms with van der Waals surface area (Å²) >= 11 is 0. The van der Waals surface area contributed by atoms with Crippen molar-refractivity contribution in [2.45, 2.75) is 6.04 Å². The Hall–Kier alpha value is -3.15. The quantitative estimate of drug-likeness (QED) is 0.605. The van der Waals surface area contributed by atoms with Gasteiger partial charge in [0, 0.05) is 19.6 Å². The van der Waals surface area contributed by atoms with Gasteiger partial charge in [0.25, 0.3) is 5.91 Å². The van der Waals surface area contributed by atoms with Gasteiger partial charge in [0.15, 0.2) is 6.61 Å². The summed E-state index contributed by atoms with van der Waals surface area (Å²) in [5.41, 5.74) is 3.36. The summed E-state index contributed by atoms with van der Waals surface area (Å²) in [5.74, 6) is 0.550. The fraction of sp³-hybridized carbons (Fsp3) is 0.269. The molecule has 1 amide bonds. The van der Waals surface area contributed by atoms with Crippen molar-refractivity contribution in [1.29, 1.82) is 0 Å². The number of amides is 1. The third-order valence-electron chi connectivity index (χ3n) is 5.41. The maximum Gasteiger partial charge on any atom is 0.258 e. The van der Waals surface area contributed by atoms with Crippen LogP contribution < -0.4 is 10.1 Å². The van der Waals surface area contributed by atoms with Gasteiger partial charge in [0.2, 0.25) is 0 Å². The molecule has 3 aromatic rings. The molecule has 0 saturated carbocycles. The molecule has 0 bridgehead atoms. The maximum absolute atomic E-state index is 12.7. The van der Waals surface area contributed by atoms with E-state index in [0.717, 1.165) is 49.5 Å². The molecule has 1 fully saturated rings. The molecule has 1 atom stereocenters. The number of carbonyl (C=O) groups excluding carboxylic acids is 1. The predicted octanol–water partition coefficient (Wildman–Crippen LogP) is 3.92. The Morgan fingerprint density at radius 2 is 1.48 bits per heavy atom. The molecule has 0 aliphatic carbocycles. The zero-order valence-corrected chi connectivity index (χ0v) is 17.6. The molecule has 4 rings (SSSR count). The van der Waals surface area contributed by atoms with E-state index in [9.17, 15) is 4.79 Å². The average Bonchev–Trinajstić information content (AvgIpc) is 2.84. The molecule has 0 radical (unpaired) electrons. The Morgan fingerprint density at radius 3 is 2.16 bits per heavy atom. The zero-order chi connectivity index (χ0) is 21.3. The van der Waals surface area contributed by atoms with Crippen molar-refractivity contribution >= 4 is 5.91 Å². The molecule has 5 nitrogen and oxygen atoms in total. The highest BCUT2D eigenvalue weighted by molar-refractivity contribution is 5.78. The van der Waals surface area contributed by atoms with Crippen molar-refractivity contribution in [1.82, 2.24) is 10.2 Å². The molecule has 0 unspecified atom stereocenters. The van der Waals surface area contributed by atoms with E-state index in [4.69, 9.17) is 9.47 Å². The van der Waals surface area contributed by atoms with Crippen LogP contribution in [0.15, 0.2) is 84.9 Å². The first kappa shape index (κ1) is 21.1. The van der Waals surface area contributed by atoms with E-state index in [2.05, 4.69) is 34.5 Å². The summed E-state index contributed by atoms with van der Waals surface area (Å²) in [5, 5.41) is 3.14. The second-order valence-corrected chi connectivity index (χ2v) is 7.62. The van der Waals surface area contributed by atoms with Crippen LogP contribution in [-0.4, -0.2) is 50.3 Å². The van der Waals surface area contributed by atoms with Gasteiger partial charge in [0.05, 0.1) is 19.3 Å². The van der Waals surface area contributed by atoms with Crippen LogP contribution in [0.25, 0.3) is 11.1 Å². The van der Waals surface area contributed by atoms with Crippen molar-refractivity contribution in [2.75, 3.05) is 39.5 Å². The van der Waals surface area contributed by atoms with E-state index < -0.39 is 0 Å². The number of ether oxygens (including phenoxy) is 2. The van der Waals surface area contributed by atoms with Crippen LogP contribution in [0.3, 0.4) is 0 Å². The van der Waals surface area contributed by atoms with Crippen LogP contribution in [0.5, 0.6) is 5.75 Å². The molecule has 5 heteroatoms. The van der Waals surface area contributed by atoms with Crippen LogP contribution in [0, 0.1) is 0 Å². The lowest BCUT2D eigenvalue weighted by molar-refractivity contribution is -0.124. The smallest absolute Gasteiger partial charge is 0.258 e. The van der Waals surface area contributed by atoms with E-state index in [0.29, 0.717) is 5.75 Å². The first-order valence-corrected chi connectivity index (χ1v) is 10.7. The summed E-state index contributed by atoms with van der Waals surface area (Å²) in [6, 6.07) is 28.0. The first-order valence-electron chi connectivity index (χ1n) is 10.7. The molecule has 1 aliphatic heterocycles. The highest BCUT2D eigenvalue weighted by atomic mass is 16.5. The van der Waals surface area contributed by atoms with Crippen molar-refractivity contribution in [3.63, 3.8) is 0 Å². The van der Waals surface area contributed by atoms with Crippen molar-refractivity contribution in [2.24, 2.45) is 0 Å². The summed E-state index contributed by atoms with van der Waals surface area (Å²) in [6.07, 6.45) is 0. The van der Waals surface area contributed by atoms with Gasteiger partial charge < -0.3 is 14.8 Å². The first-order chi connectivity index (χ1) is 15.3. The molecular formula is C26H28N2O3. The topological polar surface area (TPSA) is 50.8 Å². The Labute approximate surface area is 183 Å². The molecule has 31 heavy (non-hydrogen) atoms. The molecule has 1 N–H and O–H groups in total. The highest BCUT2D eigenvalue weighted by Crippen LogP contribution is 2.22.